The van der Waals surface area contributed by atoms with Crippen LogP contribution in [0.25, 0.3) is 0 Å². The van der Waals surface area contributed by atoms with E-state index in [2.05, 4.69) is 56.1 Å². The second-order valence-corrected chi connectivity index (χ2v) is 6.31. The van der Waals surface area contributed by atoms with E-state index < -0.39 is 0 Å². The fraction of sp³-hybridized carbons (Fsp3) is 0.450. The van der Waals surface area contributed by atoms with E-state index >= 15 is 0 Å². The lowest BCUT2D eigenvalue weighted by Gasteiger charge is -2.14. The number of nitrogens with zero attached hydrogens (tertiary/aromatic N) is 1. The highest BCUT2D eigenvalue weighted by molar-refractivity contribution is 5.22. The monoisotopic (exact) mass is 313 g/mol. The van der Waals surface area contributed by atoms with Gasteiger partial charge in [-0.2, -0.15) is 0 Å². The van der Waals surface area contributed by atoms with Crippen molar-refractivity contribution in [2.75, 3.05) is 0 Å². The maximum atomic E-state index is 5.92. The van der Waals surface area contributed by atoms with Crippen LogP contribution < -0.4 is 0 Å². The summed E-state index contributed by atoms with van der Waals surface area (Å²) in [5, 5.41) is 0. The van der Waals surface area contributed by atoms with Crippen molar-refractivity contribution < 1.29 is 9.47 Å². The molecule has 1 aromatic heterocycles. The van der Waals surface area contributed by atoms with Gasteiger partial charge in [0.1, 0.15) is 0 Å². The topological polar surface area (TPSA) is 31.4 Å². The summed E-state index contributed by atoms with van der Waals surface area (Å²) in [6.07, 6.45) is 3.23. The predicted octanol–water partition coefficient (Wildman–Crippen LogP) is 4.46. The molecule has 0 amide bonds. The Morgan fingerprint density at radius 1 is 0.826 bits per heavy atom. The zero-order valence-electron chi connectivity index (χ0n) is 14.6. The lowest BCUT2D eigenvalue weighted by atomic mass is 10.1. The minimum Gasteiger partial charge on any atom is -0.374 e. The molecule has 1 unspecified atom stereocenters. The zero-order chi connectivity index (χ0) is 16.7. The van der Waals surface area contributed by atoms with Gasteiger partial charge in [-0.05, 0) is 56.9 Å². The molecule has 1 aromatic carbocycles. The third-order valence-corrected chi connectivity index (χ3v) is 3.64. The summed E-state index contributed by atoms with van der Waals surface area (Å²) >= 11 is 0. The van der Waals surface area contributed by atoms with Gasteiger partial charge in [-0.25, -0.2) is 0 Å². The van der Waals surface area contributed by atoms with Gasteiger partial charge in [0.05, 0.1) is 25.4 Å². The Labute approximate surface area is 139 Å². The molecule has 0 spiro atoms. The Kier molecular flexibility index (Phi) is 6.75. The number of rotatable bonds is 8. The van der Waals surface area contributed by atoms with Crippen molar-refractivity contribution in [2.24, 2.45) is 0 Å². The number of benzene rings is 1. The molecule has 0 aliphatic rings. The van der Waals surface area contributed by atoms with Gasteiger partial charge in [-0.3, -0.25) is 4.98 Å². The summed E-state index contributed by atoms with van der Waals surface area (Å²) < 4.78 is 11.5. The number of ether oxygens (including phenoxy) is 2. The van der Waals surface area contributed by atoms with Crippen molar-refractivity contribution in [1.29, 1.82) is 0 Å². The van der Waals surface area contributed by atoms with E-state index in [0.717, 1.165) is 17.7 Å². The fourth-order valence-electron chi connectivity index (χ4n) is 2.25. The van der Waals surface area contributed by atoms with E-state index in [1.165, 1.54) is 11.1 Å². The van der Waals surface area contributed by atoms with Crippen LogP contribution in [0.4, 0.5) is 0 Å². The molecule has 0 saturated heterocycles. The van der Waals surface area contributed by atoms with Gasteiger partial charge in [-0.1, -0.05) is 30.3 Å². The zero-order valence-corrected chi connectivity index (χ0v) is 14.6. The Hall–Kier alpha value is -1.71. The van der Waals surface area contributed by atoms with E-state index in [4.69, 9.17) is 9.47 Å². The van der Waals surface area contributed by atoms with Crippen LogP contribution in [0.1, 0.15) is 43.2 Å². The van der Waals surface area contributed by atoms with Crippen molar-refractivity contribution in [3.8, 4) is 0 Å². The number of pyridine rings is 1. The number of hydrogen-bond donors (Lipinski definition) is 0. The molecule has 2 aromatic rings. The highest BCUT2D eigenvalue weighted by atomic mass is 16.5. The molecule has 0 aliphatic heterocycles. The molecular weight excluding hydrogens is 286 g/mol. The molecule has 0 radical (unpaired) electrons. The first-order valence-electron chi connectivity index (χ1n) is 8.25. The Morgan fingerprint density at radius 3 is 2.04 bits per heavy atom. The summed E-state index contributed by atoms with van der Waals surface area (Å²) in [5.41, 5.74) is 4.64. The normalized spacial score (nSPS) is 12.6. The van der Waals surface area contributed by atoms with E-state index in [-0.39, 0.29) is 12.2 Å². The van der Waals surface area contributed by atoms with Gasteiger partial charge in [0, 0.05) is 11.9 Å². The van der Waals surface area contributed by atoms with Crippen LogP contribution in [0, 0.1) is 6.92 Å². The van der Waals surface area contributed by atoms with Crippen LogP contribution >= 0.6 is 0 Å². The third-order valence-electron chi connectivity index (χ3n) is 3.64. The van der Waals surface area contributed by atoms with E-state index in [1.54, 1.807) is 0 Å². The minimum absolute atomic E-state index is 0.175. The highest BCUT2D eigenvalue weighted by Gasteiger charge is 2.05. The molecule has 3 nitrogen and oxygen atoms in total. The van der Waals surface area contributed by atoms with Gasteiger partial charge < -0.3 is 9.47 Å². The van der Waals surface area contributed by atoms with Gasteiger partial charge in [0.15, 0.2) is 0 Å². The van der Waals surface area contributed by atoms with Gasteiger partial charge >= 0.3 is 0 Å². The largest absolute Gasteiger partial charge is 0.374 e. The smallest absolute Gasteiger partial charge is 0.0735 e. The first-order chi connectivity index (χ1) is 11.0. The molecule has 3 heteroatoms. The lowest BCUT2D eigenvalue weighted by molar-refractivity contribution is 0.0533. The van der Waals surface area contributed by atoms with Crippen molar-refractivity contribution >= 4 is 0 Å². The maximum Gasteiger partial charge on any atom is 0.0735 e. The molecule has 0 N–H and O–H groups in total. The highest BCUT2D eigenvalue weighted by Crippen LogP contribution is 2.12. The van der Waals surface area contributed by atoms with Crippen molar-refractivity contribution in [1.82, 2.24) is 4.98 Å². The van der Waals surface area contributed by atoms with Crippen LogP contribution in [0.15, 0.2) is 42.6 Å². The Bertz CT molecular complexity index is 576. The molecule has 0 aliphatic carbocycles. The summed E-state index contributed by atoms with van der Waals surface area (Å²) in [6.45, 7) is 9.48. The molecule has 23 heavy (non-hydrogen) atoms. The Balaban J connectivity index is 1.78. The summed E-state index contributed by atoms with van der Waals surface area (Å²) in [6, 6.07) is 12.7. The van der Waals surface area contributed by atoms with Gasteiger partial charge in [0.25, 0.3) is 0 Å². The van der Waals surface area contributed by atoms with E-state index in [9.17, 15) is 0 Å². The molecule has 0 bridgehead atoms. The molecule has 2 rings (SSSR count). The lowest BCUT2D eigenvalue weighted by Crippen LogP contribution is -2.11. The number of hydrogen-bond acceptors (Lipinski definition) is 3. The second kappa shape index (κ2) is 8.80. The van der Waals surface area contributed by atoms with Crippen molar-refractivity contribution in [3.63, 3.8) is 0 Å². The fourth-order valence-corrected chi connectivity index (χ4v) is 2.25. The first kappa shape index (κ1) is 17.6. The SMILES string of the molecule is Cc1ccc(COC(C)Cc2ccc(COC(C)C)cc2)cn1. The minimum atomic E-state index is 0.175. The average molecular weight is 313 g/mol. The molecule has 1 heterocycles. The standard InChI is InChI=1S/C20H27NO2/c1-15(2)22-13-19-9-7-18(8-10-19)11-17(4)23-14-20-6-5-16(3)21-12-20/h5-10,12,15,17H,11,13-14H2,1-4H3. The number of aromatic nitrogens is 1. The number of aryl methyl sites for hydroxylation is 1. The van der Waals surface area contributed by atoms with Crippen LogP contribution in [-0.4, -0.2) is 17.2 Å². The van der Waals surface area contributed by atoms with Gasteiger partial charge in [0.2, 0.25) is 0 Å². The molecule has 0 fully saturated rings. The summed E-state index contributed by atoms with van der Waals surface area (Å²) in [5.74, 6) is 0. The third kappa shape index (κ3) is 6.51. The molecule has 1 atom stereocenters. The van der Waals surface area contributed by atoms with Crippen molar-refractivity contribution in [3.05, 3.63) is 65.0 Å². The summed E-state index contributed by atoms with van der Waals surface area (Å²) in [4.78, 5) is 4.29. The van der Waals surface area contributed by atoms with Crippen LogP contribution in [0.3, 0.4) is 0 Å². The van der Waals surface area contributed by atoms with E-state index in [1.807, 2.05) is 19.2 Å². The second-order valence-electron chi connectivity index (χ2n) is 6.31. The van der Waals surface area contributed by atoms with Crippen LogP contribution in [0.5, 0.6) is 0 Å². The average Bonchev–Trinajstić information content (AvgIpc) is 2.53. The first-order valence-corrected chi connectivity index (χ1v) is 8.25. The molecular formula is C20H27NO2. The molecule has 124 valence electrons. The van der Waals surface area contributed by atoms with Crippen LogP contribution in [0.2, 0.25) is 0 Å². The quantitative estimate of drug-likeness (QED) is 0.721. The predicted molar refractivity (Wildman–Crippen MR) is 93.3 cm³/mol. The molecule has 0 saturated carbocycles. The van der Waals surface area contributed by atoms with Gasteiger partial charge in [-0.15, -0.1) is 0 Å². The van der Waals surface area contributed by atoms with E-state index in [0.29, 0.717) is 13.2 Å². The van der Waals surface area contributed by atoms with Crippen LogP contribution in [-0.2, 0) is 29.1 Å². The van der Waals surface area contributed by atoms with Crippen molar-refractivity contribution in [2.45, 2.75) is 59.5 Å². The Morgan fingerprint density at radius 2 is 1.43 bits per heavy atom. The maximum absolute atomic E-state index is 5.92. The summed E-state index contributed by atoms with van der Waals surface area (Å²) in [7, 11) is 0.